The van der Waals surface area contributed by atoms with Crippen LogP contribution >= 0.6 is 0 Å². The van der Waals surface area contributed by atoms with Gasteiger partial charge in [-0.3, -0.25) is 4.79 Å². The van der Waals surface area contributed by atoms with Crippen molar-refractivity contribution in [3.63, 3.8) is 0 Å². The lowest BCUT2D eigenvalue weighted by molar-refractivity contribution is -0.165. The molecular formula is C22H31F3O3. The molecule has 0 spiro atoms. The summed E-state index contributed by atoms with van der Waals surface area (Å²) in [7, 11) is 0. The van der Waals surface area contributed by atoms with E-state index in [0.29, 0.717) is 12.4 Å². The van der Waals surface area contributed by atoms with Crippen LogP contribution in [0.15, 0.2) is 30.3 Å². The molecule has 0 aliphatic carbocycles. The Morgan fingerprint density at radius 1 is 0.929 bits per heavy atom. The molecule has 0 radical (unpaired) electrons. The Morgan fingerprint density at radius 3 is 1.93 bits per heavy atom. The number of unbranched alkanes of at least 4 members (excludes halogenated alkanes) is 9. The highest BCUT2D eigenvalue weighted by atomic mass is 19.4. The summed E-state index contributed by atoms with van der Waals surface area (Å²) in [6.07, 6.45) is 7.59. The van der Waals surface area contributed by atoms with Crippen LogP contribution in [0.3, 0.4) is 0 Å². The molecule has 1 rings (SSSR count). The number of alkyl halides is 3. The molecule has 0 aromatic heterocycles. The predicted octanol–water partition coefficient (Wildman–Crippen LogP) is 7.02. The van der Waals surface area contributed by atoms with Crippen LogP contribution < -0.4 is 4.74 Å². The van der Waals surface area contributed by atoms with Gasteiger partial charge < -0.3 is 9.84 Å². The Kier molecular flexibility index (Phi) is 11.4. The fourth-order valence-electron chi connectivity index (χ4n) is 2.79. The molecule has 0 amide bonds. The summed E-state index contributed by atoms with van der Waals surface area (Å²) in [5, 5.41) is 9.62. The van der Waals surface area contributed by atoms with Gasteiger partial charge in [-0.25, -0.2) is 0 Å². The van der Waals surface area contributed by atoms with Crippen molar-refractivity contribution in [3.05, 3.63) is 35.9 Å². The first-order chi connectivity index (χ1) is 13.3. The third kappa shape index (κ3) is 10.4. The maximum absolute atomic E-state index is 12.2. The summed E-state index contributed by atoms with van der Waals surface area (Å²) in [6, 6.07) is 5.97. The topological polar surface area (TPSA) is 46.5 Å². The second-order valence-corrected chi connectivity index (χ2v) is 6.95. The maximum atomic E-state index is 12.2. The van der Waals surface area contributed by atoms with Crippen LogP contribution in [0.1, 0.15) is 76.7 Å². The van der Waals surface area contributed by atoms with Crippen molar-refractivity contribution in [3.8, 4) is 5.75 Å². The number of carbonyl (C=O) groups is 1. The molecule has 6 heteroatoms. The SMILES string of the molecule is CCCCCCCCCCCCOc1ccc(/C(O)=C/C(=O)C(F)(F)F)cc1. The fourth-order valence-corrected chi connectivity index (χ4v) is 2.79. The zero-order valence-corrected chi connectivity index (χ0v) is 16.6. The molecule has 0 unspecified atom stereocenters. The molecule has 3 nitrogen and oxygen atoms in total. The average Bonchev–Trinajstić information content (AvgIpc) is 2.65. The van der Waals surface area contributed by atoms with E-state index in [1.807, 2.05) is 0 Å². The second-order valence-electron chi connectivity index (χ2n) is 6.95. The summed E-state index contributed by atoms with van der Waals surface area (Å²) < 4.78 is 42.2. The molecule has 1 aromatic carbocycles. The minimum Gasteiger partial charge on any atom is -0.507 e. The standard InChI is InChI=1S/C22H31F3O3/c1-2-3-4-5-6-7-8-9-10-11-16-28-19-14-12-18(13-15-19)20(26)17-21(27)22(23,24)25/h12-15,17,26H,2-11,16H2,1H3/b20-17-. The Bertz CT molecular complexity index is 592. The second kappa shape index (κ2) is 13.2. The van der Waals surface area contributed by atoms with Crippen molar-refractivity contribution in [2.45, 2.75) is 77.3 Å². The number of allylic oxidation sites excluding steroid dienone is 1. The van der Waals surface area contributed by atoms with Crippen LogP contribution in [0.25, 0.3) is 5.76 Å². The van der Waals surface area contributed by atoms with Crippen LogP contribution in [0, 0.1) is 0 Å². The molecule has 0 atom stereocenters. The van der Waals surface area contributed by atoms with Crippen molar-refractivity contribution in [2.24, 2.45) is 0 Å². The summed E-state index contributed by atoms with van der Waals surface area (Å²) in [6.45, 7) is 2.79. The van der Waals surface area contributed by atoms with Gasteiger partial charge in [-0.2, -0.15) is 13.2 Å². The number of ketones is 1. The van der Waals surface area contributed by atoms with Crippen molar-refractivity contribution < 1.29 is 27.8 Å². The van der Waals surface area contributed by atoms with Gasteiger partial charge in [-0.05, 0) is 30.7 Å². The van der Waals surface area contributed by atoms with E-state index in [2.05, 4.69) is 6.92 Å². The first-order valence-corrected chi connectivity index (χ1v) is 10.1. The normalized spacial score (nSPS) is 12.2. The van der Waals surface area contributed by atoms with Gasteiger partial charge in [0.05, 0.1) is 6.61 Å². The van der Waals surface area contributed by atoms with E-state index in [0.717, 1.165) is 12.8 Å². The first kappa shape index (κ1) is 24.1. The number of benzene rings is 1. The summed E-state index contributed by atoms with van der Waals surface area (Å²) in [5.41, 5.74) is 0.129. The molecule has 0 saturated heterocycles. The lowest BCUT2D eigenvalue weighted by Gasteiger charge is -2.08. The van der Waals surface area contributed by atoms with Crippen LogP contribution in [0.2, 0.25) is 0 Å². The first-order valence-electron chi connectivity index (χ1n) is 10.1. The Hall–Kier alpha value is -1.98. The van der Waals surface area contributed by atoms with Crippen molar-refractivity contribution in [1.82, 2.24) is 0 Å². The lowest BCUT2D eigenvalue weighted by Crippen LogP contribution is -2.20. The number of hydrogen-bond donors (Lipinski definition) is 1. The lowest BCUT2D eigenvalue weighted by atomic mass is 10.1. The van der Waals surface area contributed by atoms with Crippen LogP contribution in [0.5, 0.6) is 5.75 Å². The van der Waals surface area contributed by atoms with E-state index in [1.165, 1.54) is 63.5 Å². The Labute approximate surface area is 165 Å². The summed E-state index contributed by atoms with van der Waals surface area (Å²) in [5.74, 6) is -2.23. The molecule has 0 bridgehead atoms. The molecule has 1 N–H and O–H groups in total. The van der Waals surface area contributed by atoms with Crippen LogP contribution in [-0.2, 0) is 4.79 Å². The summed E-state index contributed by atoms with van der Waals surface area (Å²) in [4.78, 5) is 10.9. The molecule has 1 aromatic rings. The van der Waals surface area contributed by atoms with E-state index in [-0.39, 0.29) is 11.6 Å². The van der Waals surface area contributed by atoms with Gasteiger partial charge in [-0.15, -0.1) is 0 Å². The zero-order valence-electron chi connectivity index (χ0n) is 16.6. The molecule has 0 aliphatic rings. The molecule has 0 heterocycles. The van der Waals surface area contributed by atoms with Crippen molar-refractivity contribution in [1.29, 1.82) is 0 Å². The molecule has 0 fully saturated rings. The van der Waals surface area contributed by atoms with E-state index >= 15 is 0 Å². The van der Waals surface area contributed by atoms with Gasteiger partial charge in [0.1, 0.15) is 11.5 Å². The van der Waals surface area contributed by atoms with Crippen molar-refractivity contribution in [2.75, 3.05) is 6.61 Å². The van der Waals surface area contributed by atoms with Gasteiger partial charge in [0, 0.05) is 11.6 Å². The Balaban J connectivity index is 2.20. The Morgan fingerprint density at radius 2 is 1.43 bits per heavy atom. The highest BCUT2D eigenvalue weighted by Crippen LogP contribution is 2.21. The van der Waals surface area contributed by atoms with Crippen LogP contribution in [0.4, 0.5) is 13.2 Å². The van der Waals surface area contributed by atoms with Gasteiger partial charge in [0.25, 0.3) is 5.78 Å². The molecule has 158 valence electrons. The quantitative estimate of drug-likeness (QED) is 0.207. The number of aliphatic hydroxyl groups is 1. The van der Waals surface area contributed by atoms with Gasteiger partial charge in [-0.1, -0.05) is 64.7 Å². The van der Waals surface area contributed by atoms with E-state index in [1.54, 1.807) is 12.1 Å². The van der Waals surface area contributed by atoms with E-state index in [9.17, 15) is 23.1 Å². The monoisotopic (exact) mass is 400 g/mol. The maximum Gasteiger partial charge on any atom is 0.454 e. The highest BCUT2D eigenvalue weighted by Gasteiger charge is 2.36. The molecular weight excluding hydrogens is 369 g/mol. The number of ether oxygens (including phenoxy) is 1. The number of halogens is 3. The third-order valence-electron chi connectivity index (χ3n) is 4.46. The minimum absolute atomic E-state index is 0.129. The van der Waals surface area contributed by atoms with Crippen molar-refractivity contribution >= 4 is 11.5 Å². The van der Waals surface area contributed by atoms with Gasteiger partial charge in [0.2, 0.25) is 0 Å². The number of carbonyl (C=O) groups excluding carboxylic acids is 1. The average molecular weight is 400 g/mol. The molecule has 0 saturated carbocycles. The van der Waals surface area contributed by atoms with Crippen LogP contribution in [-0.4, -0.2) is 23.7 Å². The smallest absolute Gasteiger partial charge is 0.454 e. The third-order valence-corrected chi connectivity index (χ3v) is 4.46. The highest BCUT2D eigenvalue weighted by molar-refractivity contribution is 5.99. The molecule has 0 aliphatic heterocycles. The van der Waals surface area contributed by atoms with Gasteiger partial charge >= 0.3 is 6.18 Å². The largest absolute Gasteiger partial charge is 0.507 e. The fraction of sp³-hybridized carbons (Fsp3) is 0.591. The number of hydrogen-bond acceptors (Lipinski definition) is 3. The summed E-state index contributed by atoms with van der Waals surface area (Å²) >= 11 is 0. The van der Waals surface area contributed by atoms with E-state index in [4.69, 9.17) is 4.74 Å². The van der Waals surface area contributed by atoms with E-state index < -0.39 is 17.7 Å². The van der Waals surface area contributed by atoms with Gasteiger partial charge in [0.15, 0.2) is 0 Å². The number of rotatable bonds is 14. The predicted molar refractivity (Wildman–Crippen MR) is 105 cm³/mol. The number of aliphatic hydroxyl groups excluding tert-OH is 1. The minimum atomic E-state index is -4.99. The zero-order chi connectivity index (χ0) is 20.8. The molecule has 28 heavy (non-hydrogen) atoms.